The summed E-state index contributed by atoms with van der Waals surface area (Å²) in [7, 11) is 0. The summed E-state index contributed by atoms with van der Waals surface area (Å²) in [5.41, 5.74) is 2.51. The molecule has 0 bridgehead atoms. The highest BCUT2D eigenvalue weighted by Gasteiger charge is 2.06. The third-order valence-corrected chi connectivity index (χ3v) is 3.17. The Bertz CT molecular complexity index is 578. The molecule has 2 aromatic rings. The van der Waals surface area contributed by atoms with Crippen molar-refractivity contribution in [1.82, 2.24) is 15.1 Å². The van der Waals surface area contributed by atoms with Crippen LogP contribution in [0, 0.1) is 25.5 Å². The molecule has 0 unspecified atom stereocenters. The average Bonchev–Trinajstić information content (AvgIpc) is 2.72. The number of halogens is 2. The fourth-order valence-corrected chi connectivity index (χ4v) is 2.16. The fraction of sp³-hybridized carbons (Fsp3) is 0.400. The van der Waals surface area contributed by atoms with Crippen molar-refractivity contribution in [1.29, 1.82) is 0 Å². The first-order chi connectivity index (χ1) is 9.58. The summed E-state index contributed by atoms with van der Waals surface area (Å²) in [4.78, 5) is 0. The summed E-state index contributed by atoms with van der Waals surface area (Å²) >= 11 is 0. The third-order valence-electron chi connectivity index (χ3n) is 3.17. The molecule has 1 aromatic heterocycles. The molecule has 0 amide bonds. The van der Waals surface area contributed by atoms with E-state index in [9.17, 15) is 8.78 Å². The van der Waals surface area contributed by atoms with Crippen LogP contribution in [0.5, 0.6) is 0 Å². The zero-order valence-electron chi connectivity index (χ0n) is 11.8. The van der Waals surface area contributed by atoms with Crippen LogP contribution in [0.25, 0.3) is 0 Å². The van der Waals surface area contributed by atoms with Crippen LogP contribution in [-0.4, -0.2) is 16.3 Å². The van der Waals surface area contributed by atoms with Gasteiger partial charge in [-0.15, -0.1) is 0 Å². The van der Waals surface area contributed by atoms with E-state index >= 15 is 0 Å². The lowest BCUT2D eigenvalue weighted by Gasteiger charge is -2.07. The highest BCUT2D eigenvalue weighted by molar-refractivity contribution is 5.18. The summed E-state index contributed by atoms with van der Waals surface area (Å²) < 4.78 is 28.4. The van der Waals surface area contributed by atoms with Gasteiger partial charge >= 0.3 is 0 Å². The van der Waals surface area contributed by atoms with Crippen LogP contribution in [0.1, 0.15) is 23.4 Å². The van der Waals surface area contributed by atoms with Crippen LogP contribution in [0.3, 0.4) is 0 Å². The van der Waals surface area contributed by atoms with Crippen molar-refractivity contribution in [3.05, 3.63) is 52.9 Å². The Morgan fingerprint density at radius 2 is 2.05 bits per heavy atom. The van der Waals surface area contributed by atoms with Gasteiger partial charge in [0.05, 0.1) is 5.69 Å². The number of rotatable bonds is 6. The first-order valence-corrected chi connectivity index (χ1v) is 6.72. The molecule has 0 saturated heterocycles. The lowest BCUT2D eigenvalue weighted by Crippen LogP contribution is -2.18. The minimum absolute atomic E-state index is 0.334. The molecular weight excluding hydrogens is 260 g/mol. The highest BCUT2D eigenvalue weighted by Crippen LogP contribution is 2.10. The molecule has 0 aliphatic heterocycles. The second-order valence-corrected chi connectivity index (χ2v) is 4.89. The predicted octanol–water partition coefficient (Wildman–Crippen LogP) is 2.96. The molecule has 0 aliphatic carbocycles. The number of aromatic nitrogens is 2. The van der Waals surface area contributed by atoms with Crippen molar-refractivity contribution in [2.75, 3.05) is 6.54 Å². The predicted molar refractivity (Wildman–Crippen MR) is 74.4 cm³/mol. The fourth-order valence-electron chi connectivity index (χ4n) is 2.16. The summed E-state index contributed by atoms with van der Waals surface area (Å²) in [6.07, 6.45) is 0.888. The van der Waals surface area contributed by atoms with Crippen LogP contribution in [-0.2, 0) is 13.1 Å². The largest absolute Gasteiger partial charge is 0.312 e. The molecule has 0 fully saturated rings. The Morgan fingerprint density at radius 3 is 2.75 bits per heavy atom. The molecule has 0 radical (unpaired) electrons. The molecule has 3 nitrogen and oxygen atoms in total. The second-order valence-electron chi connectivity index (χ2n) is 4.89. The number of hydrogen-bond donors (Lipinski definition) is 1. The molecule has 2 rings (SSSR count). The van der Waals surface area contributed by atoms with E-state index in [4.69, 9.17) is 0 Å². The van der Waals surface area contributed by atoms with Crippen LogP contribution < -0.4 is 5.32 Å². The van der Waals surface area contributed by atoms with E-state index in [1.807, 2.05) is 24.6 Å². The van der Waals surface area contributed by atoms with E-state index in [2.05, 4.69) is 10.4 Å². The zero-order valence-corrected chi connectivity index (χ0v) is 11.8. The minimum Gasteiger partial charge on any atom is -0.312 e. The molecule has 5 heteroatoms. The maximum atomic E-state index is 13.4. The van der Waals surface area contributed by atoms with Crippen LogP contribution in [0.2, 0.25) is 0 Å². The molecule has 0 saturated carbocycles. The number of nitrogens with one attached hydrogen (secondary N) is 1. The number of aryl methyl sites for hydroxylation is 3. The minimum atomic E-state index is -0.799. The van der Waals surface area contributed by atoms with Crippen LogP contribution >= 0.6 is 0 Å². The lowest BCUT2D eigenvalue weighted by molar-refractivity contribution is 0.487. The Balaban J connectivity index is 1.74. The van der Waals surface area contributed by atoms with E-state index in [0.29, 0.717) is 12.1 Å². The van der Waals surface area contributed by atoms with Crippen molar-refractivity contribution in [3.8, 4) is 0 Å². The normalized spacial score (nSPS) is 11.0. The van der Waals surface area contributed by atoms with Gasteiger partial charge in [-0.05, 0) is 38.9 Å². The van der Waals surface area contributed by atoms with Crippen LogP contribution in [0.15, 0.2) is 24.3 Å². The van der Waals surface area contributed by atoms with E-state index in [1.54, 1.807) is 6.07 Å². The number of hydrogen-bond acceptors (Lipinski definition) is 2. The van der Waals surface area contributed by atoms with Gasteiger partial charge in [0.1, 0.15) is 0 Å². The molecule has 1 N–H and O–H groups in total. The molecule has 0 atom stereocenters. The molecule has 0 spiro atoms. The topological polar surface area (TPSA) is 29.9 Å². The first-order valence-electron chi connectivity index (χ1n) is 6.72. The van der Waals surface area contributed by atoms with Gasteiger partial charge < -0.3 is 5.32 Å². The van der Waals surface area contributed by atoms with Crippen molar-refractivity contribution in [3.63, 3.8) is 0 Å². The van der Waals surface area contributed by atoms with Crippen molar-refractivity contribution < 1.29 is 8.78 Å². The van der Waals surface area contributed by atoms with Crippen molar-refractivity contribution in [2.45, 2.75) is 33.4 Å². The lowest BCUT2D eigenvalue weighted by atomic mass is 10.2. The van der Waals surface area contributed by atoms with E-state index < -0.39 is 11.6 Å². The van der Waals surface area contributed by atoms with Gasteiger partial charge in [-0.2, -0.15) is 5.10 Å². The molecule has 20 heavy (non-hydrogen) atoms. The summed E-state index contributed by atoms with van der Waals surface area (Å²) in [6.45, 7) is 5.87. The molecule has 1 aromatic carbocycles. The summed E-state index contributed by atoms with van der Waals surface area (Å²) in [5.74, 6) is -1.56. The van der Waals surface area contributed by atoms with Gasteiger partial charge in [0.15, 0.2) is 11.6 Å². The van der Waals surface area contributed by atoms with Crippen molar-refractivity contribution >= 4 is 0 Å². The van der Waals surface area contributed by atoms with Crippen LogP contribution in [0.4, 0.5) is 8.78 Å². The van der Waals surface area contributed by atoms with Crippen molar-refractivity contribution in [2.24, 2.45) is 0 Å². The SMILES string of the molecule is Cc1cc(C)n(CCCNCc2cccc(F)c2F)n1. The van der Waals surface area contributed by atoms with Gasteiger partial charge in [-0.1, -0.05) is 12.1 Å². The number of nitrogens with zero attached hydrogens (tertiary/aromatic N) is 2. The van der Waals surface area contributed by atoms with Gasteiger partial charge in [-0.3, -0.25) is 4.68 Å². The maximum Gasteiger partial charge on any atom is 0.163 e. The Kier molecular flexibility index (Phi) is 4.84. The third kappa shape index (κ3) is 3.63. The summed E-state index contributed by atoms with van der Waals surface area (Å²) in [6, 6.07) is 6.27. The smallest absolute Gasteiger partial charge is 0.163 e. The highest BCUT2D eigenvalue weighted by atomic mass is 19.2. The standard InChI is InChI=1S/C15H19F2N3/c1-11-9-12(2)20(19-11)8-4-7-18-10-13-5-3-6-14(16)15(13)17/h3,5-6,9,18H,4,7-8,10H2,1-2H3. The molecule has 1 heterocycles. The average molecular weight is 279 g/mol. The zero-order chi connectivity index (χ0) is 14.5. The Morgan fingerprint density at radius 1 is 1.25 bits per heavy atom. The van der Waals surface area contributed by atoms with E-state index in [0.717, 1.165) is 37.0 Å². The van der Waals surface area contributed by atoms with Gasteiger partial charge in [-0.25, -0.2) is 8.78 Å². The van der Waals surface area contributed by atoms with Gasteiger partial charge in [0, 0.05) is 24.3 Å². The van der Waals surface area contributed by atoms with E-state index in [1.165, 1.54) is 6.07 Å². The second kappa shape index (κ2) is 6.61. The Labute approximate surface area is 117 Å². The number of benzene rings is 1. The summed E-state index contributed by atoms with van der Waals surface area (Å²) in [5, 5.41) is 7.49. The first kappa shape index (κ1) is 14.7. The maximum absolute atomic E-state index is 13.4. The Hall–Kier alpha value is -1.75. The quantitative estimate of drug-likeness (QED) is 0.824. The molecule has 108 valence electrons. The monoisotopic (exact) mass is 279 g/mol. The van der Waals surface area contributed by atoms with E-state index in [-0.39, 0.29) is 0 Å². The van der Waals surface area contributed by atoms with Gasteiger partial charge in [0.25, 0.3) is 0 Å². The van der Waals surface area contributed by atoms with Gasteiger partial charge in [0.2, 0.25) is 0 Å². The molecule has 0 aliphatic rings. The molecular formula is C15H19F2N3.